The number of carbonyl (C=O) groups excluding carboxylic acids is 1. The molecule has 0 radical (unpaired) electrons. The predicted octanol–water partition coefficient (Wildman–Crippen LogP) is 2.67. The minimum Gasteiger partial charge on any atom is -0.478 e. The highest BCUT2D eigenvalue weighted by atomic mass is 16.6. The second-order valence-electron chi connectivity index (χ2n) is 4.41. The molecule has 130 valence electrons. The highest BCUT2D eigenvalue weighted by Gasteiger charge is 2.11. The molecule has 0 saturated heterocycles. The molecule has 0 amide bonds. The van der Waals surface area contributed by atoms with Crippen molar-refractivity contribution >= 4 is 23.3 Å². The van der Waals surface area contributed by atoms with Gasteiger partial charge < -0.3 is 9.84 Å². The van der Waals surface area contributed by atoms with E-state index in [2.05, 4.69) is 4.74 Å². The van der Waals surface area contributed by atoms with Crippen LogP contribution < -0.4 is 0 Å². The van der Waals surface area contributed by atoms with Gasteiger partial charge >= 0.3 is 11.9 Å². The number of ether oxygens (including phenoxy) is 1. The molecule has 0 spiro atoms. The van der Waals surface area contributed by atoms with E-state index >= 15 is 0 Å². The van der Waals surface area contributed by atoms with Crippen LogP contribution in [-0.4, -0.2) is 34.0 Å². The van der Waals surface area contributed by atoms with Gasteiger partial charge in [0.1, 0.15) is 0 Å². The number of esters is 1. The first-order chi connectivity index (χ1) is 11.8. The third kappa shape index (κ3) is 5.71. The molecule has 2 aromatic rings. The quantitative estimate of drug-likeness (QED) is 0.503. The van der Waals surface area contributed by atoms with Gasteiger partial charge in [-0.2, -0.15) is 0 Å². The van der Waals surface area contributed by atoms with E-state index in [1.807, 2.05) is 0 Å². The van der Waals surface area contributed by atoms with Crippen molar-refractivity contribution in [1.82, 2.24) is 0 Å². The van der Waals surface area contributed by atoms with Crippen molar-refractivity contribution in [3.8, 4) is 0 Å². The van der Waals surface area contributed by atoms with Gasteiger partial charge in [-0.05, 0) is 12.1 Å². The fourth-order valence-corrected chi connectivity index (χ4v) is 1.62. The van der Waals surface area contributed by atoms with Crippen LogP contribution in [0.15, 0.2) is 48.5 Å². The Morgan fingerprint density at radius 3 is 1.76 bits per heavy atom. The molecule has 0 aromatic heterocycles. The van der Waals surface area contributed by atoms with Gasteiger partial charge in [0.25, 0.3) is 11.4 Å². The normalized spacial score (nSPS) is 9.32. The first-order valence-corrected chi connectivity index (χ1v) is 6.56. The number of hydrogen-bond donors (Lipinski definition) is 1. The van der Waals surface area contributed by atoms with Crippen LogP contribution in [0.4, 0.5) is 11.4 Å². The third-order valence-electron chi connectivity index (χ3n) is 2.78. The summed E-state index contributed by atoms with van der Waals surface area (Å²) in [6, 6.07) is 10.3. The molecule has 0 aliphatic rings. The third-order valence-corrected chi connectivity index (χ3v) is 2.78. The molecule has 2 aromatic carbocycles. The Labute approximate surface area is 140 Å². The SMILES string of the molecule is COC(=O)c1cccc([N+](=O)[O-])c1.O=C(O)c1cccc([N+](=O)[O-])c1. The van der Waals surface area contributed by atoms with Crippen molar-refractivity contribution in [2.75, 3.05) is 7.11 Å². The minimum atomic E-state index is -1.17. The van der Waals surface area contributed by atoms with Crippen molar-refractivity contribution in [1.29, 1.82) is 0 Å². The number of nitro groups is 2. The lowest BCUT2D eigenvalue weighted by Gasteiger charge is -1.97. The highest BCUT2D eigenvalue weighted by Crippen LogP contribution is 2.13. The number of nitrogens with zero attached hydrogens (tertiary/aromatic N) is 2. The number of nitro benzene ring substituents is 2. The van der Waals surface area contributed by atoms with Crippen molar-refractivity contribution in [2.45, 2.75) is 0 Å². The van der Waals surface area contributed by atoms with E-state index in [-0.39, 0.29) is 22.5 Å². The highest BCUT2D eigenvalue weighted by molar-refractivity contribution is 5.90. The molecule has 0 heterocycles. The van der Waals surface area contributed by atoms with Crippen molar-refractivity contribution in [3.05, 3.63) is 79.9 Å². The number of carbonyl (C=O) groups is 2. The maximum absolute atomic E-state index is 10.9. The summed E-state index contributed by atoms with van der Waals surface area (Å²) in [5.41, 5.74) is -0.237. The lowest BCUT2D eigenvalue weighted by molar-refractivity contribution is -0.385. The summed E-state index contributed by atoms with van der Waals surface area (Å²) >= 11 is 0. The van der Waals surface area contributed by atoms with Crippen LogP contribution in [0.1, 0.15) is 20.7 Å². The summed E-state index contributed by atoms with van der Waals surface area (Å²) in [4.78, 5) is 40.6. The molecule has 0 unspecified atom stereocenters. The zero-order chi connectivity index (χ0) is 19.0. The molecule has 0 bridgehead atoms. The number of hydrogen-bond acceptors (Lipinski definition) is 7. The van der Waals surface area contributed by atoms with Gasteiger partial charge in [0.05, 0.1) is 28.1 Å². The van der Waals surface area contributed by atoms with Gasteiger partial charge in [-0.3, -0.25) is 20.2 Å². The van der Waals surface area contributed by atoms with Crippen LogP contribution in [0.25, 0.3) is 0 Å². The van der Waals surface area contributed by atoms with E-state index in [1.165, 1.54) is 49.6 Å². The van der Waals surface area contributed by atoms with Gasteiger partial charge in [0, 0.05) is 24.3 Å². The van der Waals surface area contributed by atoms with Crippen LogP contribution in [-0.2, 0) is 4.74 Å². The maximum Gasteiger partial charge on any atom is 0.338 e. The Morgan fingerprint density at radius 1 is 0.920 bits per heavy atom. The average Bonchev–Trinajstić information content (AvgIpc) is 2.61. The number of methoxy groups -OCH3 is 1. The zero-order valence-electron chi connectivity index (χ0n) is 12.8. The van der Waals surface area contributed by atoms with E-state index < -0.39 is 21.8 Å². The van der Waals surface area contributed by atoms with Crippen molar-refractivity contribution in [2.24, 2.45) is 0 Å². The fourth-order valence-electron chi connectivity index (χ4n) is 1.62. The van der Waals surface area contributed by atoms with E-state index in [4.69, 9.17) is 5.11 Å². The van der Waals surface area contributed by atoms with Crippen molar-refractivity contribution < 1.29 is 29.3 Å². The second kappa shape index (κ2) is 8.72. The molecule has 10 heteroatoms. The molecule has 2 rings (SSSR count). The van der Waals surface area contributed by atoms with Crippen LogP contribution in [0.2, 0.25) is 0 Å². The predicted molar refractivity (Wildman–Crippen MR) is 84.5 cm³/mol. The Bertz CT molecular complexity index is 789. The lowest BCUT2D eigenvalue weighted by atomic mass is 10.2. The van der Waals surface area contributed by atoms with Crippen LogP contribution in [0, 0.1) is 20.2 Å². The van der Waals surface area contributed by atoms with Gasteiger partial charge in [0.2, 0.25) is 0 Å². The van der Waals surface area contributed by atoms with Crippen molar-refractivity contribution in [3.63, 3.8) is 0 Å². The zero-order valence-corrected chi connectivity index (χ0v) is 12.8. The van der Waals surface area contributed by atoms with E-state index in [9.17, 15) is 29.8 Å². The van der Waals surface area contributed by atoms with Crippen LogP contribution >= 0.6 is 0 Å². The first-order valence-electron chi connectivity index (χ1n) is 6.56. The fraction of sp³-hybridized carbons (Fsp3) is 0.0667. The summed E-state index contributed by atoms with van der Waals surface area (Å²) in [5.74, 6) is -1.75. The van der Waals surface area contributed by atoms with E-state index in [0.717, 1.165) is 6.07 Å². The molecule has 0 aliphatic carbocycles. The largest absolute Gasteiger partial charge is 0.478 e. The van der Waals surface area contributed by atoms with E-state index in [0.29, 0.717) is 0 Å². The summed E-state index contributed by atoms with van der Waals surface area (Å²) < 4.78 is 4.41. The smallest absolute Gasteiger partial charge is 0.338 e. The lowest BCUT2D eigenvalue weighted by Crippen LogP contribution is -2.01. The molecule has 25 heavy (non-hydrogen) atoms. The van der Waals surface area contributed by atoms with E-state index in [1.54, 1.807) is 0 Å². The monoisotopic (exact) mass is 348 g/mol. The Kier molecular flexibility index (Phi) is 6.71. The number of aromatic carboxylic acids is 1. The molecular formula is C15H12N2O8. The number of carboxylic acids is 1. The molecule has 0 atom stereocenters. The number of carboxylic acid groups (broad SMARTS) is 1. The van der Waals surface area contributed by atoms with Gasteiger partial charge in [0.15, 0.2) is 0 Å². The summed E-state index contributed by atoms with van der Waals surface area (Å²) in [7, 11) is 1.22. The minimum absolute atomic E-state index is 0.0794. The Morgan fingerprint density at radius 2 is 1.36 bits per heavy atom. The molecule has 0 aliphatic heterocycles. The molecule has 0 fully saturated rings. The summed E-state index contributed by atoms with van der Waals surface area (Å²) in [6.07, 6.45) is 0. The first kappa shape index (κ1) is 19.2. The summed E-state index contributed by atoms with van der Waals surface area (Å²) in [6.45, 7) is 0. The van der Waals surface area contributed by atoms with Crippen LogP contribution in [0.5, 0.6) is 0 Å². The number of non-ortho nitro benzene ring substituents is 2. The molecule has 10 nitrogen and oxygen atoms in total. The Balaban J connectivity index is 0.000000251. The topological polar surface area (TPSA) is 150 Å². The number of benzene rings is 2. The number of rotatable bonds is 4. The molecule has 0 saturated carbocycles. The average molecular weight is 348 g/mol. The van der Waals surface area contributed by atoms with Gasteiger partial charge in [-0.15, -0.1) is 0 Å². The summed E-state index contributed by atoms with van der Waals surface area (Å²) in [5, 5.41) is 29.0. The molecule has 1 N–H and O–H groups in total. The second-order valence-corrected chi connectivity index (χ2v) is 4.41. The van der Waals surface area contributed by atoms with Gasteiger partial charge in [-0.25, -0.2) is 9.59 Å². The van der Waals surface area contributed by atoms with Gasteiger partial charge in [-0.1, -0.05) is 12.1 Å². The van der Waals surface area contributed by atoms with Crippen LogP contribution in [0.3, 0.4) is 0 Å². The molecular weight excluding hydrogens is 336 g/mol. The standard InChI is InChI=1S/C8H7NO4.C7H5NO4/c1-13-8(10)6-3-2-4-7(5-6)9(11)12;9-7(10)5-2-1-3-6(4-5)8(11)12/h2-5H,1H3;1-4H,(H,9,10). The Hall–Kier alpha value is -3.82. The maximum atomic E-state index is 10.9.